The Bertz CT molecular complexity index is 688. The average Bonchev–Trinajstić information content (AvgIpc) is 2.47. The fraction of sp³-hybridized carbons (Fsp3) is 0.294. The molecular formula is C17H18FIN2O. The van der Waals surface area contributed by atoms with Gasteiger partial charge in [0.2, 0.25) is 0 Å². The van der Waals surface area contributed by atoms with E-state index in [-0.39, 0.29) is 17.9 Å². The first kappa shape index (κ1) is 16.9. The van der Waals surface area contributed by atoms with Gasteiger partial charge >= 0.3 is 0 Å². The Morgan fingerprint density at radius 3 is 2.68 bits per heavy atom. The lowest BCUT2D eigenvalue weighted by atomic mass is 9.97. The predicted molar refractivity (Wildman–Crippen MR) is 93.1 cm³/mol. The van der Waals surface area contributed by atoms with Crippen molar-refractivity contribution < 1.29 is 9.18 Å². The summed E-state index contributed by atoms with van der Waals surface area (Å²) in [6, 6.07) is 7.83. The molecule has 1 aromatic carbocycles. The van der Waals surface area contributed by atoms with Crippen molar-refractivity contribution in [2.75, 3.05) is 0 Å². The van der Waals surface area contributed by atoms with E-state index in [9.17, 15) is 9.18 Å². The van der Waals surface area contributed by atoms with E-state index >= 15 is 0 Å². The first-order chi connectivity index (χ1) is 10.4. The summed E-state index contributed by atoms with van der Waals surface area (Å²) < 4.78 is 14.1. The van der Waals surface area contributed by atoms with Gasteiger partial charge < -0.3 is 5.32 Å². The summed E-state index contributed by atoms with van der Waals surface area (Å²) in [5, 5.41) is 2.99. The van der Waals surface area contributed by atoms with Crippen molar-refractivity contribution in [3.63, 3.8) is 0 Å². The molecule has 3 nitrogen and oxygen atoms in total. The van der Waals surface area contributed by atoms with Crippen LogP contribution in [0.2, 0.25) is 0 Å². The molecular weight excluding hydrogens is 394 g/mol. The highest BCUT2D eigenvalue weighted by Gasteiger charge is 2.23. The van der Waals surface area contributed by atoms with Gasteiger partial charge in [-0.25, -0.2) is 4.39 Å². The van der Waals surface area contributed by atoms with Gasteiger partial charge in [0.05, 0.1) is 17.3 Å². The zero-order valence-electron chi connectivity index (χ0n) is 12.7. The molecule has 0 spiro atoms. The van der Waals surface area contributed by atoms with Crippen molar-refractivity contribution in [1.82, 2.24) is 10.3 Å². The standard InChI is InChI=1S/C17H18FIN2O/c1-10(2)15(16-11(3)5-4-8-20-16)21-17(22)13-9-12(18)6-7-14(13)19/h4-10,15H,1-3H3,(H,21,22). The van der Waals surface area contributed by atoms with Crippen LogP contribution in [-0.2, 0) is 0 Å². The first-order valence-corrected chi connectivity index (χ1v) is 8.15. The average molecular weight is 412 g/mol. The van der Waals surface area contributed by atoms with Gasteiger partial charge in [-0.2, -0.15) is 0 Å². The van der Waals surface area contributed by atoms with Crippen molar-refractivity contribution in [1.29, 1.82) is 0 Å². The van der Waals surface area contributed by atoms with Crippen LogP contribution in [0.4, 0.5) is 4.39 Å². The Morgan fingerprint density at radius 1 is 1.32 bits per heavy atom. The number of aryl methyl sites for hydroxylation is 1. The highest BCUT2D eigenvalue weighted by molar-refractivity contribution is 14.1. The molecule has 0 saturated heterocycles. The number of rotatable bonds is 4. The summed E-state index contributed by atoms with van der Waals surface area (Å²) in [6.07, 6.45) is 1.72. The van der Waals surface area contributed by atoms with Gasteiger partial charge in [0.25, 0.3) is 5.91 Å². The zero-order chi connectivity index (χ0) is 16.3. The van der Waals surface area contributed by atoms with E-state index in [0.717, 1.165) is 14.8 Å². The molecule has 0 fully saturated rings. The quantitative estimate of drug-likeness (QED) is 0.763. The molecule has 116 valence electrons. The third-order valence-electron chi connectivity index (χ3n) is 3.47. The monoisotopic (exact) mass is 412 g/mol. The number of benzene rings is 1. The van der Waals surface area contributed by atoms with Crippen molar-refractivity contribution in [2.24, 2.45) is 5.92 Å². The third-order valence-corrected chi connectivity index (χ3v) is 4.41. The van der Waals surface area contributed by atoms with Crippen LogP contribution in [0.15, 0.2) is 36.5 Å². The highest BCUT2D eigenvalue weighted by Crippen LogP contribution is 2.24. The molecule has 2 rings (SSSR count). The smallest absolute Gasteiger partial charge is 0.253 e. The second-order valence-electron chi connectivity index (χ2n) is 5.52. The molecule has 0 aliphatic heterocycles. The van der Waals surface area contributed by atoms with Crippen LogP contribution in [0.25, 0.3) is 0 Å². The van der Waals surface area contributed by atoms with Crippen LogP contribution in [0.5, 0.6) is 0 Å². The molecule has 5 heteroatoms. The number of pyridine rings is 1. The molecule has 2 aromatic rings. The number of hydrogen-bond donors (Lipinski definition) is 1. The second kappa shape index (κ2) is 7.17. The lowest BCUT2D eigenvalue weighted by Gasteiger charge is -2.23. The highest BCUT2D eigenvalue weighted by atomic mass is 127. The molecule has 22 heavy (non-hydrogen) atoms. The summed E-state index contributed by atoms with van der Waals surface area (Å²) in [5.41, 5.74) is 2.22. The second-order valence-corrected chi connectivity index (χ2v) is 6.69. The number of amides is 1. The van der Waals surface area contributed by atoms with Crippen molar-refractivity contribution in [2.45, 2.75) is 26.8 Å². The van der Waals surface area contributed by atoms with E-state index < -0.39 is 5.82 Å². The molecule has 0 bridgehead atoms. The number of nitrogens with one attached hydrogen (secondary N) is 1. The largest absolute Gasteiger partial charge is 0.343 e. The molecule has 0 aliphatic carbocycles. The number of aromatic nitrogens is 1. The predicted octanol–water partition coefficient (Wildman–Crippen LogP) is 4.26. The van der Waals surface area contributed by atoms with Gasteiger partial charge in [-0.1, -0.05) is 19.9 Å². The fourth-order valence-corrected chi connectivity index (χ4v) is 2.85. The summed E-state index contributed by atoms with van der Waals surface area (Å²) in [6.45, 7) is 6.01. The van der Waals surface area contributed by atoms with Crippen LogP contribution in [-0.4, -0.2) is 10.9 Å². The van der Waals surface area contributed by atoms with E-state index in [0.29, 0.717) is 5.56 Å². The minimum atomic E-state index is -0.416. The van der Waals surface area contributed by atoms with Crippen LogP contribution in [0.1, 0.15) is 41.5 Å². The van der Waals surface area contributed by atoms with Gasteiger partial charge in [-0.3, -0.25) is 9.78 Å². The number of halogens is 2. The van der Waals surface area contributed by atoms with E-state index in [1.54, 1.807) is 12.3 Å². The van der Waals surface area contributed by atoms with Crippen LogP contribution < -0.4 is 5.32 Å². The Hall–Kier alpha value is -1.50. The number of hydrogen-bond acceptors (Lipinski definition) is 2. The third kappa shape index (κ3) is 3.82. The van der Waals surface area contributed by atoms with Gasteiger partial charge in [-0.15, -0.1) is 0 Å². The van der Waals surface area contributed by atoms with Crippen LogP contribution >= 0.6 is 22.6 Å². The molecule has 1 N–H and O–H groups in total. The molecule has 0 aliphatic rings. The first-order valence-electron chi connectivity index (χ1n) is 7.07. The minimum Gasteiger partial charge on any atom is -0.343 e. The van der Waals surface area contributed by atoms with Crippen molar-refractivity contribution >= 4 is 28.5 Å². The summed E-state index contributed by atoms with van der Waals surface area (Å²) in [5.74, 6) is -0.530. The molecule has 1 aromatic heterocycles. The molecule has 1 atom stereocenters. The maximum absolute atomic E-state index is 13.4. The maximum atomic E-state index is 13.4. The number of carbonyl (C=O) groups excluding carboxylic acids is 1. The summed E-state index contributed by atoms with van der Waals surface area (Å²) >= 11 is 2.03. The minimum absolute atomic E-state index is 0.170. The molecule has 0 saturated carbocycles. The molecule has 0 radical (unpaired) electrons. The van der Waals surface area contributed by atoms with Gasteiger partial charge in [0.15, 0.2) is 0 Å². The molecule has 1 amide bonds. The Morgan fingerprint density at radius 2 is 2.05 bits per heavy atom. The zero-order valence-corrected chi connectivity index (χ0v) is 14.9. The van der Waals surface area contributed by atoms with Gasteiger partial charge in [-0.05, 0) is 65.3 Å². The molecule has 1 heterocycles. The maximum Gasteiger partial charge on any atom is 0.253 e. The lowest BCUT2D eigenvalue weighted by molar-refractivity contribution is 0.0923. The van der Waals surface area contributed by atoms with Crippen molar-refractivity contribution in [3.8, 4) is 0 Å². The Balaban J connectivity index is 2.31. The van der Waals surface area contributed by atoms with Gasteiger partial charge in [0.1, 0.15) is 5.82 Å². The van der Waals surface area contributed by atoms with Crippen LogP contribution in [0, 0.1) is 22.2 Å². The Kier molecular flexibility index (Phi) is 5.50. The summed E-state index contributed by atoms with van der Waals surface area (Å²) in [4.78, 5) is 16.9. The SMILES string of the molecule is Cc1cccnc1C(NC(=O)c1cc(F)ccc1I)C(C)C. The number of nitrogens with zero attached hydrogens (tertiary/aromatic N) is 1. The normalized spacial score (nSPS) is 12.3. The Labute approximate surface area is 143 Å². The topological polar surface area (TPSA) is 42.0 Å². The van der Waals surface area contributed by atoms with E-state index in [1.807, 2.05) is 55.5 Å². The van der Waals surface area contributed by atoms with Gasteiger partial charge in [0, 0.05) is 9.77 Å². The fourth-order valence-electron chi connectivity index (χ4n) is 2.26. The van der Waals surface area contributed by atoms with Crippen molar-refractivity contribution in [3.05, 3.63) is 62.7 Å². The van der Waals surface area contributed by atoms with E-state index in [4.69, 9.17) is 0 Å². The lowest BCUT2D eigenvalue weighted by Crippen LogP contribution is -2.33. The van der Waals surface area contributed by atoms with Crippen LogP contribution in [0.3, 0.4) is 0 Å². The number of carbonyl (C=O) groups is 1. The summed E-state index contributed by atoms with van der Waals surface area (Å²) in [7, 11) is 0. The van der Waals surface area contributed by atoms with E-state index in [2.05, 4.69) is 10.3 Å². The molecule has 1 unspecified atom stereocenters. The van der Waals surface area contributed by atoms with E-state index in [1.165, 1.54) is 12.1 Å².